The van der Waals surface area contributed by atoms with Crippen LogP contribution in [0.4, 0.5) is 0 Å². The Bertz CT molecular complexity index is 4410. The van der Waals surface area contributed by atoms with Crippen LogP contribution in [-0.4, -0.2) is 271 Å². The van der Waals surface area contributed by atoms with Crippen LogP contribution in [0.2, 0.25) is 0 Å². The Morgan fingerprint density at radius 1 is 0.193 bits per heavy atom. The number of aryl methyl sites for hydroxylation is 5. The fourth-order valence-corrected chi connectivity index (χ4v) is 15.0. The van der Waals surface area contributed by atoms with Crippen molar-refractivity contribution in [1.29, 1.82) is 0 Å². The summed E-state index contributed by atoms with van der Waals surface area (Å²) in [5, 5.41) is 109. The van der Waals surface area contributed by atoms with Gasteiger partial charge in [-0.1, -0.05) is 212 Å². The third kappa shape index (κ3) is 63.2. The highest BCUT2D eigenvalue weighted by molar-refractivity contribution is 5.78. The van der Waals surface area contributed by atoms with Crippen molar-refractivity contribution in [3.8, 4) is 28.7 Å². The highest BCUT2D eigenvalue weighted by Gasteiger charge is 2.23. The van der Waals surface area contributed by atoms with Crippen LogP contribution < -0.4 is 26.6 Å². The van der Waals surface area contributed by atoms with E-state index in [0.717, 1.165) is 55.6 Å². The zero-order valence-electron chi connectivity index (χ0n) is 89.0. The molecule has 10 aromatic rings. The van der Waals surface area contributed by atoms with Crippen molar-refractivity contribution >= 4 is 29.5 Å². The number of hydrogen-bond donors (Lipinski definition) is 15. The van der Waals surface area contributed by atoms with Crippen LogP contribution in [0.25, 0.3) is 0 Å². The quantitative estimate of drug-likeness (QED) is 0.0168. The molecule has 0 radical (unpaired) electrons. The Kier molecular flexibility index (Phi) is 63.8. The Morgan fingerprint density at radius 2 is 0.333 bits per heavy atom. The maximum atomic E-state index is 12.5. The first kappa shape index (κ1) is 127. The number of carbonyl (C=O) groups excluding carboxylic acids is 5. The number of hydrogen-bond acceptors (Lipinski definition) is 25. The van der Waals surface area contributed by atoms with Gasteiger partial charge in [-0.05, 0) is 250 Å². The van der Waals surface area contributed by atoms with Crippen LogP contribution in [-0.2, 0) is 136 Å². The second-order valence-corrected chi connectivity index (χ2v) is 38.3. The van der Waals surface area contributed by atoms with E-state index in [-0.39, 0.29) is 152 Å². The number of aliphatic hydroxyl groups excluding tert-OH is 5. The van der Waals surface area contributed by atoms with Gasteiger partial charge in [-0.3, -0.25) is 24.0 Å². The van der Waals surface area contributed by atoms with Crippen LogP contribution in [0.5, 0.6) is 28.7 Å². The number of phenolic OH excluding ortho intramolecular Hbond substituents is 5. The van der Waals surface area contributed by atoms with Gasteiger partial charge in [0.2, 0.25) is 29.5 Å². The van der Waals surface area contributed by atoms with Gasteiger partial charge in [0.25, 0.3) is 0 Å². The Balaban J connectivity index is 0.000000286. The first-order valence-electron chi connectivity index (χ1n) is 52.0. The first-order chi connectivity index (χ1) is 72.1. The van der Waals surface area contributed by atoms with E-state index in [1.165, 1.54) is 0 Å². The third-order valence-corrected chi connectivity index (χ3v) is 22.8. The van der Waals surface area contributed by atoms with Crippen molar-refractivity contribution in [1.82, 2.24) is 26.6 Å². The topological polar surface area (TPSA) is 440 Å². The number of rotatable bonds is 65. The van der Waals surface area contributed by atoms with E-state index in [4.69, 9.17) is 47.4 Å². The highest BCUT2D eigenvalue weighted by Crippen LogP contribution is 2.21. The molecule has 30 nitrogen and oxygen atoms in total. The molecule has 15 atom stereocenters. The van der Waals surface area contributed by atoms with E-state index >= 15 is 0 Å². The van der Waals surface area contributed by atoms with Crippen molar-refractivity contribution in [2.45, 2.75) is 257 Å². The molecule has 1 unspecified atom stereocenters. The number of aliphatic hydroxyl groups is 5. The summed E-state index contributed by atoms with van der Waals surface area (Å²) < 4.78 is 56.4. The summed E-state index contributed by atoms with van der Waals surface area (Å²) in [6, 6.07) is 83.4. The molecule has 0 bridgehead atoms. The maximum absolute atomic E-state index is 12.5. The molecule has 0 saturated heterocycles. The SMILES string of the molecule is CC(COC[C@H](Cc1ccc(O)cc1)NC(=O)CCc1ccccc1)OC[C@@H](C)O.C[C@@H](O)CO[C@@H](C)COC[C@H](Cc1ccc(O)cc1)NC(=O)CCc1ccccc1.C[C@H](COC[C@H](Cc1ccc(O)cc1)NC(=O)CCc1ccccc1)OC[C@@H](C)O.C[C@H](O)CO[C@@H](C)COC[C@H](Cc1ccc(O)cc1)NC(=O)CCc1ccccc1.C[C@H](O)CO[C@H](C)COC[C@H](Cc1ccc(O)cc1)NC(=O)CCc1ccccc1. The van der Waals surface area contributed by atoms with Crippen LogP contribution in [0, 0.1) is 0 Å². The third-order valence-electron chi connectivity index (χ3n) is 22.8. The van der Waals surface area contributed by atoms with Gasteiger partial charge in [-0.15, -0.1) is 0 Å². The zero-order chi connectivity index (χ0) is 109. The molecule has 820 valence electrons. The largest absolute Gasteiger partial charge is 0.508 e. The lowest BCUT2D eigenvalue weighted by atomic mass is 10.1. The number of phenols is 5. The van der Waals surface area contributed by atoms with Gasteiger partial charge >= 0.3 is 0 Å². The molecule has 0 aliphatic heterocycles. The summed E-state index contributed by atoms with van der Waals surface area (Å²) in [6.45, 7) is 22.7. The standard InChI is InChI=1S/5C24H33NO5/c5*1-18(26)15-30-19(2)16-29-17-22(14-21-8-11-23(27)12-9-21)25-24(28)13-10-20-6-4-3-5-7-20/h5*3-9,11-12,18-19,22,26-27H,10,13-17H2,1-2H3,(H,25,28)/t18-,19?,22+;18-,19+,22+;18-,19+,22-;18-,19-,22+;18-,19-,22-/m11010/s1. The number of aromatic hydroxyl groups is 5. The van der Waals surface area contributed by atoms with Gasteiger partial charge in [-0.2, -0.15) is 0 Å². The predicted molar refractivity (Wildman–Crippen MR) is 582 cm³/mol. The average Bonchev–Trinajstić information content (AvgIpc) is 0.902. The van der Waals surface area contributed by atoms with E-state index in [2.05, 4.69) is 26.6 Å². The Morgan fingerprint density at radius 3 is 0.467 bits per heavy atom. The van der Waals surface area contributed by atoms with Gasteiger partial charge in [0.1, 0.15) is 28.7 Å². The molecule has 0 saturated carbocycles. The van der Waals surface area contributed by atoms with Crippen molar-refractivity contribution in [2.75, 3.05) is 99.1 Å². The maximum Gasteiger partial charge on any atom is 0.220 e. The summed E-state index contributed by atoms with van der Waals surface area (Å²) in [4.78, 5) is 62.4. The monoisotopic (exact) mass is 2080 g/mol. The van der Waals surface area contributed by atoms with Crippen LogP contribution >= 0.6 is 0 Å². The average molecular weight is 2080 g/mol. The molecule has 150 heavy (non-hydrogen) atoms. The molecular weight excluding hydrogens is 1910 g/mol. The molecule has 0 aromatic heterocycles. The Labute approximate surface area is 886 Å². The second-order valence-electron chi connectivity index (χ2n) is 38.3. The van der Waals surface area contributed by atoms with Crippen molar-refractivity contribution in [2.24, 2.45) is 0 Å². The molecular formula is C120H165N5O25. The van der Waals surface area contributed by atoms with E-state index in [9.17, 15) is 75.0 Å². The molecule has 5 amide bonds. The van der Waals surface area contributed by atoms with Gasteiger partial charge in [0.15, 0.2) is 0 Å². The molecule has 0 spiro atoms. The van der Waals surface area contributed by atoms with Crippen LogP contribution in [0.3, 0.4) is 0 Å². The minimum Gasteiger partial charge on any atom is -0.508 e. The van der Waals surface area contributed by atoms with E-state index in [1.807, 2.05) is 247 Å². The first-order valence-corrected chi connectivity index (χ1v) is 52.0. The number of benzene rings is 10. The van der Waals surface area contributed by atoms with Crippen molar-refractivity contribution < 1.29 is 122 Å². The molecule has 10 aromatic carbocycles. The molecule has 10 rings (SSSR count). The molecule has 15 N–H and O–H groups in total. The normalized spacial score (nSPS) is 14.1. The summed E-state index contributed by atoms with van der Waals surface area (Å²) in [6.07, 6.45) is 5.11. The fourth-order valence-electron chi connectivity index (χ4n) is 15.0. The highest BCUT2D eigenvalue weighted by atomic mass is 16.6. The lowest BCUT2D eigenvalue weighted by Gasteiger charge is -2.21. The predicted octanol–water partition coefficient (Wildman–Crippen LogP) is 14.3. The van der Waals surface area contributed by atoms with E-state index in [0.29, 0.717) is 162 Å². The minimum atomic E-state index is -0.515. The molecule has 30 heteroatoms. The van der Waals surface area contributed by atoms with Crippen molar-refractivity contribution in [3.05, 3.63) is 329 Å². The van der Waals surface area contributed by atoms with Gasteiger partial charge in [0, 0.05) is 32.1 Å². The number of nitrogens with one attached hydrogen (secondary N) is 5. The summed E-state index contributed by atoms with van der Waals surface area (Å²) >= 11 is 0. The molecule has 0 aliphatic rings. The number of ether oxygens (including phenoxy) is 10. The summed E-state index contributed by atoms with van der Waals surface area (Å²) in [5.41, 5.74) is 10.7. The van der Waals surface area contributed by atoms with E-state index in [1.54, 1.807) is 95.3 Å². The molecule has 0 heterocycles. The summed E-state index contributed by atoms with van der Waals surface area (Å²) in [5.74, 6) is 0.936. The summed E-state index contributed by atoms with van der Waals surface area (Å²) in [7, 11) is 0. The van der Waals surface area contributed by atoms with Crippen molar-refractivity contribution in [3.63, 3.8) is 0 Å². The minimum absolute atomic E-state index is 0.0235. The second kappa shape index (κ2) is 75.6. The fraction of sp³-hybridized carbons (Fsp3) is 0.458. The van der Waals surface area contributed by atoms with Gasteiger partial charge in [-0.25, -0.2) is 0 Å². The van der Waals surface area contributed by atoms with Crippen LogP contribution in [0.1, 0.15) is 157 Å². The molecule has 0 aliphatic carbocycles. The van der Waals surface area contributed by atoms with Gasteiger partial charge in [0.05, 0.1) is 190 Å². The smallest absolute Gasteiger partial charge is 0.220 e. The number of carbonyl (C=O) groups is 5. The van der Waals surface area contributed by atoms with Crippen LogP contribution in [0.15, 0.2) is 273 Å². The lowest BCUT2D eigenvalue weighted by Crippen LogP contribution is -2.40. The number of amides is 5. The lowest BCUT2D eigenvalue weighted by molar-refractivity contribution is -0.123. The molecule has 0 fully saturated rings. The van der Waals surface area contributed by atoms with E-state index < -0.39 is 30.5 Å². The Hall–Kier alpha value is -12.1. The zero-order valence-corrected chi connectivity index (χ0v) is 89.0. The van der Waals surface area contributed by atoms with Gasteiger partial charge < -0.3 is 125 Å².